The minimum atomic E-state index is -0.731. The second-order valence-corrected chi connectivity index (χ2v) is 16.5. The van der Waals surface area contributed by atoms with E-state index in [0.717, 1.165) is 63.4 Å². The van der Waals surface area contributed by atoms with Crippen molar-refractivity contribution in [3.63, 3.8) is 0 Å². The van der Waals surface area contributed by atoms with Crippen LogP contribution in [0.4, 0.5) is 9.59 Å². The number of amides is 4. The van der Waals surface area contributed by atoms with E-state index in [0.29, 0.717) is 38.0 Å². The van der Waals surface area contributed by atoms with Crippen LogP contribution in [-0.2, 0) is 9.53 Å². The number of nitrogens with one attached hydrogen (secondary N) is 2. The SMILES string of the molecule is CC(C)(C)OC(=O)NCC(=O)N1CCN(C(=O)N[C@H]2CC[C@@]3(C)[C@H](CC[C@@H]4[C@@H]3CC[C@]3(C)[C@@H](c5ccc(=O)oc5)CC[C@]43O)C2)CC1. The molecule has 11 nitrogen and oxygen atoms in total. The lowest BCUT2D eigenvalue weighted by molar-refractivity contribution is -0.201. The smallest absolute Gasteiger partial charge is 0.408 e. The Hall–Kier alpha value is -3.08. The summed E-state index contributed by atoms with van der Waals surface area (Å²) >= 11 is 0. The Labute approximate surface area is 278 Å². The van der Waals surface area contributed by atoms with Crippen molar-refractivity contribution >= 4 is 18.0 Å². The molecule has 6 rings (SSSR count). The summed E-state index contributed by atoms with van der Waals surface area (Å²) in [7, 11) is 0. The van der Waals surface area contributed by atoms with Crippen LogP contribution in [-0.4, -0.2) is 82.9 Å². The van der Waals surface area contributed by atoms with Crippen LogP contribution in [0.15, 0.2) is 27.6 Å². The van der Waals surface area contributed by atoms with E-state index in [1.165, 1.54) is 6.07 Å². The van der Waals surface area contributed by atoms with Crippen LogP contribution >= 0.6 is 0 Å². The number of fused-ring (bicyclic) bond motifs is 5. The van der Waals surface area contributed by atoms with Gasteiger partial charge in [0.25, 0.3) is 0 Å². The summed E-state index contributed by atoms with van der Waals surface area (Å²) in [5.41, 5.74) is -0.779. The number of aliphatic hydroxyl groups is 1. The van der Waals surface area contributed by atoms with Crippen molar-refractivity contribution in [3.8, 4) is 0 Å². The van der Waals surface area contributed by atoms with Gasteiger partial charge in [-0.2, -0.15) is 0 Å². The quantitative estimate of drug-likeness (QED) is 0.430. The van der Waals surface area contributed by atoms with E-state index in [-0.39, 0.29) is 52.8 Å². The average molecular weight is 655 g/mol. The Morgan fingerprint density at radius 3 is 2.36 bits per heavy atom. The Balaban J connectivity index is 1.01. The molecule has 2 heterocycles. The van der Waals surface area contributed by atoms with Gasteiger partial charge in [0, 0.05) is 43.7 Å². The summed E-state index contributed by atoms with van der Waals surface area (Å²) in [6.45, 7) is 11.7. The van der Waals surface area contributed by atoms with Crippen LogP contribution in [0.1, 0.15) is 104 Å². The first-order chi connectivity index (χ1) is 22.1. The van der Waals surface area contributed by atoms with Gasteiger partial charge in [0.2, 0.25) is 5.91 Å². The van der Waals surface area contributed by atoms with Gasteiger partial charge in [-0.05, 0) is 119 Å². The molecule has 260 valence electrons. The molecule has 5 aliphatic rings. The lowest BCUT2D eigenvalue weighted by Crippen LogP contribution is -2.62. The Bertz CT molecular complexity index is 1400. The van der Waals surface area contributed by atoms with Gasteiger partial charge < -0.3 is 34.7 Å². The van der Waals surface area contributed by atoms with Crippen LogP contribution in [0.3, 0.4) is 0 Å². The molecule has 1 aromatic heterocycles. The van der Waals surface area contributed by atoms with E-state index in [1.54, 1.807) is 36.8 Å². The maximum atomic E-state index is 13.3. The largest absolute Gasteiger partial charge is 0.444 e. The van der Waals surface area contributed by atoms with Crippen molar-refractivity contribution in [1.29, 1.82) is 0 Å². The first kappa shape index (κ1) is 33.8. The summed E-state index contributed by atoms with van der Waals surface area (Å²) in [6, 6.07) is 3.44. The molecule has 1 aliphatic heterocycles. The van der Waals surface area contributed by atoms with E-state index < -0.39 is 17.3 Å². The fourth-order valence-corrected chi connectivity index (χ4v) is 10.5. The number of piperazine rings is 1. The summed E-state index contributed by atoms with van der Waals surface area (Å²) < 4.78 is 10.4. The van der Waals surface area contributed by atoms with Gasteiger partial charge in [0.05, 0.1) is 11.9 Å². The third-order valence-electron chi connectivity index (χ3n) is 13.0. The lowest BCUT2D eigenvalue weighted by Gasteiger charge is -2.63. The van der Waals surface area contributed by atoms with Gasteiger partial charge in [-0.25, -0.2) is 14.4 Å². The van der Waals surface area contributed by atoms with E-state index in [9.17, 15) is 24.3 Å². The first-order valence-electron chi connectivity index (χ1n) is 17.7. The molecule has 0 unspecified atom stereocenters. The topological polar surface area (TPSA) is 141 Å². The van der Waals surface area contributed by atoms with Crippen molar-refractivity contribution < 1.29 is 28.6 Å². The zero-order chi connectivity index (χ0) is 33.8. The fourth-order valence-electron chi connectivity index (χ4n) is 10.5. The Morgan fingerprint density at radius 1 is 0.957 bits per heavy atom. The monoisotopic (exact) mass is 654 g/mol. The molecule has 4 amide bonds. The molecular weight excluding hydrogens is 600 g/mol. The molecule has 0 bridgehead atoms. The predicted molar refractivity (Wildman–Crippen MR) is 176 cm³/mol. The maximum Gasteiger partial charge on any atom is 0.408 e. The Morgan fingerprint density at radius 2 is 1.68 bits per heavy atom. The average Bonchev–Trinajstić information content (AvgIpc) is 3.30. The normalized spacial score (nSPS) is 36.9. The van der Waals surface area contributed by atoms with Gasteiger partial charge in [0.15, 0.2) is 0 Å². The number of hydrogen-bond acceptors (Lipinski definition) is 7. The molecule has 1 saturated heterocycles. The molecule has 5 fully saturated rings. The van der Waals surface area contributed by atoms with Crippen LogP contribution in [0.25, 0.3) is 0 Å². The number of urea groups is 1. The van der Waals surface area contributed by atoms with Crippen molar-refractivity contribution in [1.82, 2.24) is 20.4 Å². The molecule has 3 N–H and O–H groups in total. The molecule has 0 spiro atoms. The maximum absolute atomic E-state index is 13.3. The highest BCUT2D eigenvalue weighted by Gasteiger charge is 2.67. The number of rotatable bonds is 4. The number of carbonyl (C=O) groups excluding carboxylic acids is 3. The molecule has 8 atom stereocenters. The third kappa shape index (κ3) is 6.29. The summed E-state index contributed by atoms with van der Waals surface area (Å²) in [6.07, 6.45) is 9.73. The van der Waals surface area contributed by atoms with Crippen LogP contribution in [0.2, 0.25) is 0 Å². The van der Waals surface area contributed by atoms with E-state index >= 15 is 0 Å². The standard InChI is InChI=1S/C36H54N4O7/c1-33(2,3)47-32(44)37-21-29(41)39-16-18-40(19-17-39)31(43)38-25-10-13-34(4)24(20-25)7-8-28-27(34)11-14-35(5)26(12-15-36(28,35)45)23-6-9-30(42)46-22-23/h6,9,22,24-28,45H,7-8,10-21H2,1-5H3,(H,37,44)(H,38,43)/t24-,25+,26-,27+,28-,34+,35-,36+/m1/s1. The highest BCUT2D eigenvalue weighted by atomic mass is 16.6. The van der Waals surface area contributed by atoms with E-state index in [4.69, 9.17) is 9.15 Å². The van der Waals surface area contributed by atoms with Gasteiger partial charge in [-0.15, -0.1) is 0 Å². The number of carbonyl (C=O) groups is 3. The molecule has 4 saturated carbocycles. The van der Waals surface area contributed by atoms with Crippen LogP contribution < -0.4 is 16.3 Å². The van der Waals surface area contributed by atoms with Crippen molar-refractivity contribution in [2.24, 2.45) is 28.6 Å². The molecular formula is C36H54N4O7. The van der Waals surface area contributed by atoms with Crippen LogP contribution in [0.5, 0.6) is 0 Å². The molecule has 1 aromatic rings. The second kappa shape index (κ2) is 12.4. The highest BCUT2D eigenvalue weighted by Crippen LogP contribution is 2.70. The minimum Gasteiger partial charge on any atom is -0.444 e. The molecule has 0 aromatic carbocycles. The molecule has 4 aliphatic carbocycles. The number of nitrogens with zero attached hydrogens (tertiary/aromatic N) is 2. The zero-order valence-electron chi connectivity index (χ0n) is 28.8. The molecule has 11 heteroatoms. The van der Waals surface area contributed by atoms with Crippen molar-refractivity contribution in [2.45, 2.75) is 116 Å². The first-order valence-corrected chi connectivity index (χ1v) is 17.7. The van der Waals surface area contributed by atoms with Gasteiger partial charge in [0.1, 0.15) is 12.1 Å². The van der Waals surface area contributed by atoms with Gasteiger partial charge in [-0.3, -0.25) is 4.79 Å². The van der Waals surface area contributed by atoms with E-state index in [2.05, 4.69) is 24.5 Å². The van der Waals surface area contributed by atoms with Crippen LogP contribution in [0, 0.1) is 28.6 Å². The van der Waals surface area contributed by atoms with E-state index in [1.807, 2.05) is 6.07 Å². The van der Waals surface area contributed by atoms with Crippen molar-refractivity contribution in [3.05, 3.63) is 34.4 Å². The van der Waals surface area contributed by atoms with Gasteiger partial charge in [-0.1, -0.05) is 13.8 Å². The van der Waals surface area contributed by atoms with Gasteiger partial charge >= 0.3 is 17.7 Å². The second-order valence-electron chi connectivity index (χ2n) is 16.5. The zero-order valence-corrected chi connectivity index (χ0v) is 28.8. The van der Waals surface area contributed by atoms with Crippen molar-refractivity contribution in [2.75, 3.05) is 32.7 Å². The summed E-state index contributed by atoms with van der Waals surface area (Å²) in [5.74, 6) is 1.21. The lowest BCUT2D eigenvalue weighted by atomic mass is 9.43. The summed E-state index contributed by atoms with van der Waals surface area (Å²) in [4.78, 5) is 52.9. The molecule has 47 heavy (non-hydrogen) atoms. The predicted octanol–water partition coefficient (Wildman–Crippen LogP) is 4.63. The Kier molecular flexibility index (Phi) is 8.94. The highest BCUT2D eigenvalue weighted by molar-refractivity contribution is 5.82. The number of ether oxygens (including phenoxy) is 1. The minimum absolute atomic E-state index is 0.0669. The summed E-state index contributed by atoms with van der Waals surface area (Å²) in [5, 5.41) is 18.4. The number of hydrogen-bond donors (Lipinski definition) is 3. The fraction of sp³-hybridized carbons (Fsp3) is 0.778. The molecule has 0 radical (unpaired) electrons. The third-order valence-corrected chi connectivity index (χ3v) is 13.0. The number of alkyl carbamates (subject to hydrolysis) is 1.